The highest BCUT2D eigenvalue weighted by Crippen LogP contribution is 2.21. The van der Waals surface area contributed by atoms with E-state index in [0.29, 0.717) is 37.2 Å². The Hall–Kier alpha value is -2.17. The van der Waals surface area contributed by atoms with Crippen molar-refractivity contribution in [2.45, 2.75) is 50.7 Å². The maximum absolute atomic E-state index is 12.5. The van der Waals surface area contributed by atoms with Gasteiger partial charge in [-0.3, -0.25) is 9.59 Å². The highest BCUT2D eigenvalue weighted by atomic mass is 32.2. The van der Waals surface area contributed by atoms with Gasteiger partial charge in [-0.2, -0.15) is 0 Å². The van der Waals surface area contributed by atoms with Crippen LogP contribution in [-0.4, -0.2) is 62.1 Å². The van der Waals surface area contributed by atoms with E-state index in [1.807, 2.05) is 0 Å². The minimum absolute atomic E-state index is 0.0235. The molecule has 0 spiro atoms. The lowest BCUT2D eigenvalue weighted by molar-refractivity contribution is -0.133. The number of nitrogens with two attached hydrogens (primary N) is 1. The van der Waals surface area contributed by atoms with Crippen LogP contribution in [0.3, 0.4) is 0 Å². The summed E-state index contributed by atoms with van der Waals surface area (Å²) in [5.74, 6) is -0.165. The minimum Gasteiger partial charge on any atom is -0.483 e. The van der Waals surface area contributed by atoms with Crippen molar-refractivity contribution in [3.05, 3.63) is 23.8 Å². The van der Waals surface area contributed by atoms with Gasteiger partial charge in [0.2, 0.25) is 15.9 Å². The van der Waals surface area contributed by atoms with E-state index in [1.54, 1.807) is 25.7 Å². The van der Waals surface area contributed by atoms with E-state index in [9.17, 15) is 23.1 Å². The lowest BCUT2D eigenvalue weighted by Gasteiger charge is -2.22. The number of aryl methyl sites for hydroxylation is 1. The van der Waals surface area contributed by atoms with Crippen LogP contribution in [-0.2, 0) is 19.6 Å². The monoisotopic (exact) mass is 427 g/mol. The molecule has 0 aliphatic carbocycles. The van der Waals surface area contributed by atoms with Crippen molar-refractivity contribution >= 4 is 21.8 Å². The Labute approximate surface area is 171 Å². The summed E-state index contributed by atoms with van der Waals surface area (Å²) in [6.07, 6.45) is 0.0917. The number of sulfonamides is 1. The van der Waals surface area contributed by atoms with Crippen LogP contribution in [0.2, 0.25) is 0 Å². The number of nitrogens with one attached hydrogen (secondary N) is 1. The van der Waals surface area contributed by atoms with Crippen molar-refractivity contribution < 1.29 is 27.9 Å². The second-order valence-electron chi connectivity index (χ2n) is 7.56. The zero-order valence-corrected chi connectivity index (χ0v) is 17.7. The van der Waals surface area contributed by atoms with Crippen LogP contribution in [0.1, 0.15) is 32.3 Å². The molecule has 4 N–H and O–H groups in total. The van der Waals surface area contributed by atoms with E-state index >= 15 is 0 Å². The van der Waals surface area contributed by atoms with Gasteiger partial charge >= 0.3 is 0 Å². The average Bonchev–Trinajstić information content (AvgIpc) is 2.81. The number of hydrogen-bond donors (Lipinski definition) is 3. The Kier molecular flexibility index (Phi) is 7.61. The molecule has 1 aromatic carbocycles. The largest absolute Gasteiger partial charge is 0.483 e. The highest BCUT2D eigenvalue weighted by molar-refractivity contribution is 7.89. The second-order valence-corrected chi connectivity index (χ2v) is 9.12. The topological polar surface area (TPSA) is 139 Å². The Morgan fingerprint density at radius 3 is 2.55 bits per heavy atom. The van der Waals surface area contributed by atoms with Crippen LogP contribution in [0.4, 0.5) is 0 Å². The van der Waals surface area contributed by atoms with Gasteiger partial charge < -0.3 is 20.1 Å². The smallest absolute Gasteiger partial charge is 0.260 e. The Balaban J connectivity index is 1.94. The number of ether oxygens (including phenoxy) is 1. The summed E-state index contributed by atoms with van der Waals surface area (Å²) in [4.78, 5) is 26.0. The van der Waals surface area contributed by atoms with Crippen molar-refractivity contribution in [2.24, 2.45) is 11.1 Å². The van der Waals surface area contributed by atoms with Crippen LogP contribution in [0.25, 0.3) is 0 Å². The number of amides is 2. The summed E-state index contributed by atoms with van der Waals surface area (Å²) in [5.41, 5.74) is 0.548. The molecule has 0 saturated carbocycles. The number of aliphatic hydroxyl groups excluding tert-OH is 1. The maximum Gasteiger partial charge on any atom is 0.260 e. The van der Waals surface area contributed by atoms with Crippen LogP contribution in [0.15, 0.2) is 23.1 Å². The van der Waals surface area contributed by atoms with Crippen LogP contribution in [0, 0.1) is 12.8 Å². The minimum atomic E-state index is -3.80. The molecule has 9 nitrogen and oxygen atoms in total. The van der Waals surface area contributed by atoms with Gasteiger partial charge in [-0.1, -0.05) is 13.8 Å². The number of likely N-dealkylation sites (tertiary alicyclic amines) is 1. The van der Waals surface area contributed by atoms with Crippen LogP contribution < -0.4 is 15.2 Å². The molecule has 2 amide bonds. The summed E-state index contributed by atoms with van der Waals surface area (Å²) in [6.45, 7) is 5.77. The third kappa shape index (κ3) is 6.41. The van der Waals surface area contributed by atoms with Gasteiger partial charge in [0, 0.05) is 19.0 Å². The summed E-state index contributed by atoms with van der Waals surface area (Å²) in [6, 6.07) is 3.79. The summed E-state index contributed by atoms with van der Waals surface area (Å²) in [5, 5.41) is 18.2. The zero-order chi connectivity index (χ0) is 21.8. The van der Waals surface area contributed by atoms with Crippen molar-refractivity contribution in [2.75, 3.05) is 19.7 Å². The van der Waals surface area contributed by atoms with Gasteiger partial charge in [-0.15, -0.1) is 0 Å². The molecule has 1 fully saturated rings. The van der Waals surface area contributed by atoms with Gasteiger partial charge in [0.25, 0.3) is 5.91 Å². The molecular formula is C19H29N3O6S. The Bertz CT molecular complexity index is 856. The summed E-state index contributed by atoms with van der Waals surface area (Å²) in [7, 11) is -3.80. The van der Waals surface area contributed by atoms with Crippen molar-refractivity contribution in [3.63, 3.8) is 0 Å². The predicted molar refractivity (Wildman–Crippen MR) is 107 cm³/mol. The molecule has 0 unspecified atom stereocenters. The van der Waals surface area contributed by atoms with Crippen molar-refractivity contribution in [1.29, 1.82) is 0 Å². The SMILES string of the molecule is Cc1cc(S(N)(=O)=O)ccc1OCC(=O)N1CC[C@H](NC(=O)C(C)C)[C@@H](O)CC1. The maximum atomic E-state index is 12.5. The molecule has 1 aliphatic heterocycles. The Morgan fingerprint density at radius 1 is 1.31 bits per heavy atom. The molecule has 2 atom stereocenters. The van der Waals surface area contributed by atoms with Gasteiger partial charge in [0.05, 0.1) is 17.0 Å². The van der Waals surface area contributed by atoms with E-state index in [-0.39, 0.29) is 29.2 Å². The normalized spacial score (nSPS) is 20.3. The first-order chi connectivity index (χ1) is 13.5. The number of benzene rings is 1. The fourth-order valence-corrected chi connectivity index (χ4v) is 3.65. The van der Waals surface area contributed by atoms with Gasteiger partial charge in [-0.25, -0.2) is 13.6 Å². The van der Waals surface area contributed by atoms with Crippen LogP contribution in [0.5, 0.6) is 5.75 Å². The molecule has 0 aromatic heterocycles. The molecule has 0 radical (unpaired) electrons. The summed E-state index contributed by atoms with van der Waals surface area (Å²) < 4.78 is 28.3. The fraction of sp³-hybridized carbons (Fsp3) is 0.579. The molecule has 1 aliphatic rings. The van der Waals surface area contributed by atoms with Crippen LogP contribution >= 0.6 is 0 Å². The molecule has 1 saturated heterocycles. The molecule has 2 rings (SSSR count). The number of rotatable bonds is 6. The molecular weight excluding hydrogens is 398 g/mol. The lowest BCUT2D eigenvalue weighted by Crippen LogP contribution is -2.44. The van der Waals surface area contributed by atoms with Crippen molar-refractivity contribution in [1.82, 2.24) is 10.2 Å². The number of hydrogen-bond acceptors (Lipinski definition) is 6. The zero-order valence-electron chi connectivity index (χ0n) is 16.9. The first-order valence-electron chi connectivity index (χ1n) is 9.51. The molecule has 29 heavy (non-hydrogen) atoms. The van der Waals surface area contributed by atoms with Gasteiger partial charge in [0.15, 0.2) is 6.61 Å². The van der Waals surface area contributed by atoms with Gasteiger partial charge in [-0.05, 0) is 43.5 Å². The molecule has 1 heterocycles. The number of carbonyl (C=O) groups excluding carboxylic acids is 2. The van der Waals surface area contributed by atoms with E-state index in [2.05, 4.69) is 5.32 Å². The third-order valence-electron chi connectivity index (χ3n) is 4.90. The Morgan fingerprint density at radius 2 is 1.97 bits per heavy atom. The standard InChI is InChI=1S/C19H29N3O6S/c1-12(2)19(25)21-15-6-8-22(9-7-16(15)23)18(24)11-28-17-5-4-14(10-13(17)3)29(20,26)27/h4-5,10,12,15-16,23H,6-9,11H2,1-3H3,(H,21,25)(H2,20,26,27)/t15-,16-/m0/s1. The predicted octanol–water partition coefficient (Wildman–Crippen LogP) is 0.145. The number of carbonyl (C=O) groups is 2. The van der Waals surface area contributed by atoms with E-state index in [4.69, 9.17) is 9.88 Å². The first-order valence-corrected chi connectivity index (χ1v) is 11.1. The van der Waals surface area contributed by atoms with E-state index in [1.165, 1.54) is 18.2 Å². The average molecular weight is 428 g/mol. The molecule has 0 bridgehead atoms. The van der Waals surface area contributed by atoms with E-state index in [0.717, 1.165) is 0 Å². The number of aliphatic hydroxyl groups is 1. The quantitative estimate of drug-likeness (QED) is 0.590. The number of primary sulfonamides is 1. The lowest BCUT2D eigenvalue weighted by atomic mass is 10.1. The van der Waals surface area contributed by atoms with E-state index < -0.39 is 22.2 Å². The van der Waals surface area contributed by atoms with Gasteiger partial charge in [0.1, 0.15) is 5.75 Å². The molecule has 162 valence electrons. The highest BCUT2D eigenvalue weighted by Gasteiger charge is 2.28. The fourth-order valence-electron chi connectivity index (χ4n) is 3.05. The van der Waals surface area contributed by atoms with Crippen molar-refractivity contribution in [3.8, 4) is 5.75 Å². The first kappa shape index (κ1) is 23.1. The second kappa shape index (κ2) is 9.55. The third-order valence-corrected chi connectivity index (χ3v) is 5.81. The number of nitrogens with zero attached hydrogens (tertiary/aromatic N) is 1. The molecule has 10 heteroatoms. The summed E-state index contributed by atoms with van der Waals surface area (Å²) >= 11 is 0. The molecule has 1 aromatic rings.